The van der Waals surface area contributed by atoms with Gasteiger partial charge >= 0.3 is 0 Å². The van der Waals surface area contributed by atoms with Gasteiger partial charge in [-0.25, -0.2) is 21.6 Å². The van der Waals surface area contributed by atoms with Gasteiger partial charge in [0.05, 0.1) is 26.9 Å². The molecule has 1 amide bonds. The average molecular weight is 518 g/mol. The predicted octanol–water partition coefficient (Wildman–Crippen LogP) is 4.08. The Kier molecular flexibility index (Phi) is 6.48. The summed E-state index contributed by atoms with van der Waals surface area (Å²) in [6.07, 6.45) is 0.400. The highest BCUT2D eigenvalue weighted by atomic mass is 35.5. The number of hydrogen-bond donors (Lipinski definition) is 3. The van der Waals surface area contributed by atoms with Crippen molar-refractivity contribution >= 4 is 33.0 Å². The molecular weight excluding hydrogens is 495 g/mol. The first kappa shape index (κ1) is 25.0. The van der Waals surface area contributed by atoms with Gasteiger partial charge in [-0.15, -0.1) is 0 Å². The van der Waals surface area contributed by atoms with Gasteiger partial charge in [-0.1, -0.05) is 11.6 Å². The quantitative estimate of drug-likeness (QED) is 0.518. The van der Waals surface area contributed by atoms with Crippen LogP contribution in [-0.4, -0.2) is 41.5 Å². The molecule has 0 aliphatic heterocycles. The lowest BCUT2D eigenvalue weighted by atomic mass is 9.74. The molecule has 2 fully saturated rings. The smallest absolute Gasteiger partial charge is 0.255 e. The van der Waals surface area contributed by atoms with Crippen molar-refractivity contribution in [3.8, 4) is 0 Å². The Morgan fingerprint density at radius 1 is 1.12 bits per heavy atom. The number of aliphatic hydroxyl groups is 2. The average Bonchev–Trinajstić information content (AvgIpc) is 3.05. The number of aliphatic hydroxyl groups excluding tert-OH is 1. The number of amides is 1. The number of anilines is 1. The minimum Gasteiger partial charge on any atom is -0.390 e. The summed E-state index contributed by atoms with van der Waals surface area (Å²) >= 11 is 6.21. The van der Waals surface area contributed by atoms with Crippen LogP contribution < -0.4 is 5.32 Å². The highest BCUT2D eigenvalue weighted by molar-refractivity contribution is 7.92. The Morgan fingerprint density at radius 2 is 1.68 bits per heavy atom. The Balaban J connectivity index is 1.63. The van der Waals surface area contributed by atoms with Crippen LogP contribution >= 0.6 is 11.6 Å². The van der Waals surface area contributed by atoms with E-state index in [1.54, 1.807) is 0 Å². The van der Waals surface area contributed by atoms with Crippen LogP contribution in [0.2, 0.25) is 5.02 Å². The number of halogens is 4. The minimum absolute atomic E-state index is 0.0915. The third kappa shape index (κ3) is 4.32. The summed E-state index contributed by atoms with van der Waals surface area (Å²) in [4.78, 5) is 12.4. The maximum Gasteiger partial charge on any atom is 0.255 e. The largest absolute Gasteiger partial charge is 0.390 e. The highest BCUT2D eigenvalue weighted by Crippen LogP contribution is 2.52. The summed E-state index contributed by atoms with van der Waals surface area (Å²) in [5.41, 5.74) is -1.83. The van der Waals surface area contributed by atoms with E-state index in [9.17, 15) is 36.6 Å². The van der Waals surface area contributed by atoms with Crippen molar-refractivity contribution in [3.05, 3.63) is 58.4 Å². The van der Waals surface area contributed by atoms with E-state index in [1.807, 2.05) is 0 Å². The van der Waals surface area contributed by atoms with Crippen molar-refractivity contribution in [2.75, 3.05) is 5.32 Å². The van der Waals surface area contributed by atoms with Crippen molar-refractivity contribution in [1.29, 1.82) is 0 Å². The number of fused-ring (bicyclic) bond motifs is 2. The second-order valence-corrected chi connectivity index (χ2v) is 11.6. The van der Waals surface area contributed by atoms with Crippen LogP contribution in [0.25, 0.3) is 0 Å². The number of sulfone groups is 1. The van der Waals surface area contributed by atoms with Crippen molar-refractivity contribution < 1.29 is 36.6 Å². The normalized spacial score (nSPS) is 27.4. The highest BCUT2D eigenvalue weighted by Gasteiger charge is 2.55. The zero-order chi connectivity index (χ0) is 25.0. The number of rotatable bonds is 5. The summed E-state index contributed by atoms with van der Waals surface area (Å²) < 4.78 is 67.3. The summed E-state index contributed by atoms with van der Waals surface area (Å²) in [7, 11) is -4.03. The maximum atomic E-state index is 13.6. The first-order valence-electron chi connectivity index (χ1n) is 10.7. The molecule has 34 heavy (non-hydrogen) atoms. The second kappa shape index (κ2) is 8.82. The Bertz CT molecular complexity index is 1220. The molecule has 2 aliphatic rings. The molecule has 0 spiro atoms. The topological polar surface area (TPSA) is 104 Å². The number of carbonyl (C=O) groups is 1. The van der Waals surface area contributed by atoms with Crippen LogP contribution in [0.4, 0.5) is 18.9 Å². The summed E-state index contributed by atoms with van der Waals surface area (Å²) in [6.45, 7) is 1.48. The summed E-state index contributed by atoms with van der Waals surface area (Å²) in [5.74, 6) is -6.29. The van der Waals surface area contributed by atoms with Crippen molar-refractivity contribution in [3.63, 3.8) is 0 Å². The van der Waals surface area contributed by atoms with E-state index < -0.39 is 50.2 Å². The fraction of sp³-hybridized carbons (Fsp3) is 0.435. The van der Waals surface area contributed by atoms with Gasteiger partial charge in [0.15, 0.2) is 27.3 Å². The van der Waals surface area contributed by atoms with Gasteiger partial charge in [-0.2, -0.15) is 0 Å². The molecule has 0 radical (unpaired) electrons. The first-order valence-corrected chi connectivity index (χ1v) is 12.7. The van der Waals surface area contributed by atoms with Crippen LogP contribution in [0.1, 0.15) is 43.0 Å². The zero-order valence-corrected chi connectivity index (χ0v) is 19.6. The second-order valence-electron chi connectivity index (χ2n) is 9.15. The van der Waals surface area contributed by atoms with E-state index in [0.29, 0.717) is 25.0 Å². The van der Waals surface area contributed by atoms with Crippen LogP contribution in [0, 0.1) is 29.3 Å². The molecule has 184 valence electrons. The molecule has 5 atom stereocenters. The monoisotopic (exact) mass is 517 g/mol. The molecule has 0 saturated heterocycles. The van der Waals surface area contributed by atoms with E-state index in [-0.39, 0.29) is 45.8 Å². The molecule has 0 aromatic heterocycles. The lowest BCUT2D eigenvalue weighted by Crippen LogP contribution is -2.51. The molecule has 4 rings (SSSR count). The van der Waals surface area contributed by atoms with Gasteiger partial charge in [-0.05, 0) is 62.6 Å². The Morgan fingerprint density at radius 3 is 2.21 bits per heavy atom. The molecule has 2 aromatic carbocycles. The molecule has 2 bridgehead atoms. The van der Waals surface area contributed by atoms with E-state index in [4.69, 9.17) is 11.6 Å². The van der Waals surface area contributed by atoms with Gasteiger partial charge in [0.25, 0.3) is 5.91 Å². The van der Waals surface area contributed by atoms with Crippen molar-refractivity contribution in [2.24, 2.45) is 11.8 Å². The third-order valence-corrected chi connectivity index (χ3v) is 9.83. The van der Waals surface area contributed by atoms with Crippen molar-refractivity contribution in [1.82, 2.24) is 0 Å². The summed E-state index contributed by atoms with van der Waals surface area (Å²) in [6, 6.07) is 4.80. The van der Waals surface area contributed by atoms with E-state index in [1.165, 1.54) is 19.1 Å². The van der Waals surface area contributed by atoms with Gasteiger partial charge < -0.3 is 15.5 Å². The van der Waals surface area contributed by atoms with Gasteiger partial charge in [0, 0.05) is 23.4 Å². The lowest BCUT2D eigenvalue weighted by molar-refractivity contribution is -0.103. The molecule has 2 saturated carbocycles. The number of benzene rings is 2. The van der Waals surface area contributed by atoms with E-state index in [2.05, 4.69) is 5.32 Å². The fourth-order valence-electron chi connectivity index (χ4n) is 5.26. The number of carbonyl (C=O) groups excluding carboxylic acids is 1. The summed E-state index contributed by atoms with van der Waals surface area (Å²) in [5, 5.41) is 22.0. The third-order valence-electron chi connectivity index (χ3n) is 6.95. The molecule has 0 heterocycles. The number of hydrogen-bond acceptors (Lipinski definition) is 5. The molecular formula is C23H23ClF3NO5S. The van der Waals surface area contributed by atoms with Crippen molar-refractivity contribution in [2.45, 2.75) is 54.5 Å². The molecule has 3 N–H and O–H groups in total. The SMILES string of the molecule is CC(O)[C@]1(O)CC2CC[C@@H](C1)[C@H]2S(=O)(=O)c1cc(C(=O)Nc2cc(F)c(F)c(F)c2)ccc1Cl. The minimum atomic E-state index is -4.03. The standard InChI is InChI=1S/C23H23ClF3NO5S/c1-11(29)23(31)9-13-2-3-14(10-23)21(13)34(32,33)19-6-12(4-5-16(19)24)22(30)28-15-7-17(25)20(27)18(26)8-15/h4-8,11,13-14,21,29,31H,2-3,9-10H2,1H3,(H,28,30)/t11?,13-,14?,21+,23+/m0/s1. The molecule has 2 unspecified atom stereocenters. The van der Waals surface area contributed by atoms with Crippen LogP contribution in [-0.2, 0) is 9.84 Å². The van der Waals surface area contributed by atoms with Crippen LogP contribution in [0.3, 0.4) is 0 Å². The maximum absolute atomic E-state index is 13.6. The van der Waals surface area contributed by atoms with Gasteiger partial charge in [-0.3, -0.25) is 4.79 Å². The van der Waals surface area contributed by atoms with Gasteiger partial charge in [0.1, 0.15) is 0 Å². The molecule has 2 aromatic rings. The first-order chi connectivity index (χ1) is 15.8. The lowest BCUT2D eigenvalue weighted by Gasteiger charge is -2.42. The van der Waals surface area contributed by atoms with Crippen LogP contribution in [0.5, 0.6) is 0 Å². The molecule has 11 heteroatoms. The molecule has 2 aliphatic carbocycles. The Hall–Kier alpha value is -2.14. The van der Waals surface area contributed by atoms with E-state index in [0.717, 1.165) is 6.07 Å². The van der Waals surface area contributed by atoms with E-state index >= 15 is 0 Å². The zero-order valence-electron chi connectivity index (χ0n) is 18.1. The van der Waals surface area contributed by atoms with Gasteiger partial charge in [0.2, 0.25) is 0 Å². The molecule has 6 nitrogen and oxygen atoms in total. The van der Waals surface area contributed by atoms with Crippen LogP contribution in [0.15, 0.2) is 35.2 Å². The fourth-order valence-corrected chi connectivity index (χ4v) is 8.10. The number of nitrogens with one attached hydrogen (secondary N) is 1. The predicted molar refractivity (Wildman–Crippen MR) is 119 cm³/mol. The Labute approximate surface area is 199 Å².